The van der Waals surface area contributed by atoms with Crippen molar-refractivity contribution in [2.24, 2.45) is 17.8 Å². The van der Waals surface area contributed by atoms with Gasteiger partial charge in [-0.05, 0) is 74.0 Å². The van der Waals surface area contributed by atoms with Crippen molar-refractivity contribution in [3.8, 4) is 11.5 Å². The summed E-state index contributed by atoms with van der Waals surface area (Å²) in [6.07, 6.45) is 3.29. The fourth-order valence-electron chi connectivity index (χ4n) is 9.02. The number of anilines is 1. The largest absolute Gasteiger partial charge is 0.454 e. The molecule has 1 saturated heterocycles. The molecular weight excluding hydrogens is 523 g/mol. The Labute approximate surface area is 230 Å². The molecule has 2 atom stereocenters. The maximum Gasteiger partial charge on any atom is 0.410 e. The molecule has 0 radical (unpaired) electrons. The molecule has 4 bridgehead atoms. The van der Waals surface area contributed by atoms with Crippen molar-refractivity contribution >= 4 is 11.7 Å². The Morgan fingerprint density at radius 1 is 0.925 bits per heavy atom. The number of amides is 1. The monoisotopic (exact) mass is 557 g/mol. The zero-order valence-corrected chi connectivity index (χ0v) is 22.3. The van der Waals surface area contributed by atoms with E-state index in [-0.39, 0.29) is 30.6 Å². The lowest BCUT2D eigenvalue weighted by atomic mass is 9.52. The number of nitrogens with one attached hydrogen (secondary N) is 1. The number of piperazine rings is 1. The predicted molar refractivity (Wildman–Crippen MR) is 139 cm³/mol. The van der Waals surface area contributed by atoms with E-state index in [1.165, 1.54) is 44.6 Å². The number of hydrogen-bond donors (Lipinski definition) is 1. The van der Waals surface area contributed by atoms with Crippen LogP contribution in [0.2, 0.25) is 0 Å². The average molecular weight is 558 g/mol. The average Bonchev–Trinajstić information content (AvgIpc) is 3.57. The number of aromatic nitrogens is 2. The molecule has 1 N–H and O–H groups in total. The lowest BCUT2D eigenvalue weighted by Crippen LogP contribution is -2.64. The maximum absolute atomic E-state index is 14.2. The molecule has 0 spiro atoms. The molecule has 7 aliphatic rings. The van der Waals surface area contributed by atoms with E-state index in [0.29, 0.717) is 35.7 Å². The predicted octanol–water partition coefficient (Wildman–Crippen LogP) is 5.00. The number of hydrogen-bond acceptors (Lipinski definition) is 6. The van der Waals surface area contributed by atoms with E-state index < -0.39 is 18.3 Å². The first-order valence-electron chi connectivity index (χ1n) is 14.6. The quantitative estimate of drug-likeness (QED) is 0.573. The van der Waals surface area contributed by atoms with Gasteiger partial charge in [0.05, 0.1) is 6.04 Å². The highest BCUT2D eigenvalue weighted by Crippen LogP contribution is 2.58. The van der Waals surface area contributed by atoms with Gasteiger partial charge in [-0.25, -0.2) is 4.68 Å². The maximum atomic E-state index is 14.2. The van der Waals surface area contributed by atoms with E-state index in [1.807, 2.05) is 0 Å². The Hall–Kier alpha value is -2.95. The number of carbonyl (C=O) groups excluding carboxylic acids is 1. The van der Waals surface area contributed by atoms with Crippen LogP contribution in [-0.2, 0) is 0 Å². The van der Waals surface area contributed by atoms with E-state index in [1.54, 1.807) is 23.1 Å². The normalized spacial score (nSPS) is 34.6. The Morgan fingerprint density at radius 3 is 2.27 bits per heavy atom. The van der Waals surface area contributed by atoms with Gasteiger partial charge in [0.1, 0.15) is 5.82 Å². The molecule has 214 valence electrons. The molecule has 1 aromatic carbocycles. The van der Waals surface area contributed by atoms with Crippen molar-refractivity contribution < 1.29 is 27.4 Å². The van der Waals surface area contributed by atoms with Crippen molar-refractivity contribution in [1.29, 1.82) is 0 Å². The molecule has 2 unspecified atom stereocenters. The third-order valence-corrected chi connectivity index (χ3v) is 10.5. The molecule has 11 heteroatoms. The first-order valence-corrected chi connectivity index (χ1v) is 14.6. The van der Waals surface area contributed by atoms with Crippen LogP contribution in [0.15, 0.2) is 24.3 Å². The minimum Gasteiger partial charge on any atom is -0.454 e. The summed E-state index contributed by atoms with van der Waals surface area (Å²) in [6, 6.07) is 4.21. The van der Waals surface area contributed by atoms with Gasteiger partial charge in [0.25, 0.3) is 5.91 Å². The van der Waals surface area contributed by atoms with Gasteiger partial charge in [0.15, 0.2) is 23.2 Å². The van der Waals surface area contributed by atoms with E-state index >= 15 is 0 Å². The van der Waals surface area contributed by atoms with Crippen LogP contribution in [0.1, 0.15) is 73.1 Å². The molecule has 4 saturated carbocycles. The van der Waals surface area contributed by atoms with Gasteiger partial charge in [-0.3, -0.25) is 9.69 Å². The van der Waals surface area contributed by atoms with E-state index in [9.17, 15) is 18.0 Å². The number of nitrogens with zero attached hydrogens (tertiary/aromatic N) is 4. The minimum absolute atomic E-state index is 0.0614. The summed E-state index contributed by atoms with van der Waals surface area (Å²) in [5.74, 6) is 3.58. The molecule has 4 aliphatic carbocycles. The molecule has 1 aromatic heterocycles. The molecule has 8 nitrogen and oxygen atoms in total. The third-order valence-electron chi connectivity index (χ3n) is 10.5. The summed E-state index contributed by atoms with van der Waals surface area (Å²) in [6.45, 7) is 2.90. The fourth-order valence-corrected chi connectivity index (χ4v) is 9.02. The number of carbonyl (C=O) groups is 1. The SMILES string of the molecule is O=C(c1cc2n(n1)C(C(F)(F)F)CC(c1ccc3c(c1)OCO3)N2)N1CCN(C23CC4CC(CC(C4)C2)C3)CC1. The van der Waals surface area contributed by atoms with Gasteiger partial charge in [-0.2, -0.15) is 18.3 Å². The zero-order valence-electron chi connectivity index (χ0n) is 22.3. The molecule has 5 fully saturated rings. The third kappa shape index (κ3) is 3.98. The van der Waals surface area contributed by atoms with E-state index in [0.717, 1.165) is 35.5 Å². The summed E-state index contributed by atoms with van der Waals surface area (Å²) >= 11 is 0. The van der Waals surface area contributed by atoms with Gasteiger partial charge >= 0.3 is 6.18 Å². The number of benzene rings is 1. The van der Waals surface area contributed by atoms with Gasteiger partial charge < -0.3 is 19.7 Å². The highest BCUT2D eigenvalue weighted by atomic mass is 19.4. The fraction of sp³-hybridized carbons (Fsp3) is 0.655. The van der Waals surface area contributed by atoms with Crippen LogP contribution in [-0.4, -0.2) is 70.2 Å². The Balaban J connectivity index is 0.995. The van der Waals surface area contributed by atoms with Crippen LogP contribution >= 0.6 is 0 Å². The number of ether oxygens (including phenoxy) is 2. The molecule has 40 heavy (non-hydrogen) atoms. The first-order chi connectivity index (χ1) is 19.2. The second-order valence-electron chi connectivity index (χ2n) is 12.9. The van der Waals surface area contributed by atoms with Crippen molar-refractivity contribution in [3.05, 3.63) is 35.5 Å². The van der Waals surface area contributed by atoms with Crippen LogP contribution in [0.5, 0.6) is 11.5 Å². The molecule has 4 heterocycles. The number of fused-ring (bicyclic) bond motifs is 2. The molecular formula is C29H34F3N5O3. The molecule has 2 aromatic rings. The summed E-state index contributed by atoms with van der Waals surface area (Å²) in [7, 11) is 0. The number of rotatable bonds is 3. The lowest BCUT2D eigenvalue weighted by Gasteiger charge is -2.61. The van der Waals surface area contributed by atoms with E-state index in [2.05, 4.69) is 15.3 Å². The van der Waals surface area contributed by atoms with Crippen molar-refractivity contribution in [3.63, 3.8) is 0 Å². The highest BCUT2D eigenvalue weighted by molar-refractivity contribution is 5.93. The van der Waals surface area contributed by atoms with Gasteiger partial charge in [0, 0.05) is 44.2 Å². The summed E-state index contributed by atoms with van der Waals surface area (Å²) < 4.78 is 54.4. The van der Waals surface area contributed by atoms with Crippen molar-refractivity contribution in [2.75, 3.05) is 38.3 Å². The second kappa shape index (κ2) is 8.77. The molecule has 1 amide bonds. The van der Waals surface area contributed by atoms with Crippen LogP contribution < -0.4 is 14.8 Å². The van der Waals surface area contributed by atoms with Crippen LogP contribution in [0.25, 0.3) is 0 Å². The van der Waals surface area contributed by atoms with E-state index in [4.69, 9.17) is 9.47 Å². The molecule has 3 aliphatic heterocycles. The van der Waals surface area contributed by atoms with Gasteiger partial charge in [-0.1, -0.05) is 6.07 Å². The Morgan fingerprint density at radius 2 is 1.60 bits per heavy atom. The van der Waals surface area contributed by atoms with Gasteiger partial charge in [-0.15, -0.1) is 0 Å². The second-order valence-corrected chi connectivity index (χ2v) is 12.9. The zero-order chi connectivity index (χ0) is 27.2. The summed E-state index contributed by atoms with van der Waals surface area (Å²) in [5.41, 5.74) is 1.02. The Bertz CT molecular complexity index is 1300. The summed E-state index contributed by atoms with van der Waals surface area (Å²) in [4.78, 5) is 17.9. The lowest BCUT2D eigenvalue weighted by molar-refractivity contribution is -0.173. The highest BCUT2D eigenvalue weighted by Gasteiger charge is 2.54. The number of alkyl halides is 3. The van der Waals surface area contributed by atoms with Crippen LogP contribution in [0.3, 0.4) is 0 Å². The van der Waals surface area contributed by atoms with Crippen molar-refractivity contribution in [2.45, 2.75) is 68.7 Å². The standard InChI is InChI=1S/C29H34F3N5O3/c30-29(31,32)25-11-21(20-1-2-23-24(10-20)40-16-39-23)33-26-12-22(34-37(25)26)27(38)35-3-5-36(6-4-35)28-13-17-7-18(14-28)9-19(8-17)15-28/h1-2,10,12,17-19,21,25,33H,3-9,11,13-16H2. The Kier molecular flexibility index (Phi) is 5.44. The first kappa shape index (κ1) is 24.8. The van der Waals surface area contributed by atoms with Crippen LogP contribution in [0.4, 0.5) is 19.0 Å². The smallest absolute Gasteiger partial charge is 0.410 e. The topological polar surface area (TPSA) is 71.9 Å². The van der Waals surface area contributed by atoms with Crippen LogP contribution in [0, 0.1) is 17.8 Å². The minimum atomic E-state index is -4.51. The van der Waals surface area contributed by atoms with Crippen molar-refractivity contribution in [1.82, 2.24) is 19.6 Å². The number of halogens is 3. The molecule has 9 rings (SSSR count). The van der Waals surface area contributed by atoms with Gasteiger partial charge in [0.2, 0.25) is 6.79 Å². The summed E-state index contributed by atoms with van der Waals surface area (Å²) in [5, 5.41) is 7.41.